The number of aromatic amines is 1. The zero-order valence-corrected chi connectivity index (χ0v) is 11.7. The van der Waals surface area contributed by atoms with Gasteiger partial charge in [0.05, 0.1) is 12.8 Å². The number of aliphatic hydroxyl groups excluding tert-OH is 1. The van der Waals surface area contributed by atoms with E-state index in [1.54, 1.807) is 0 Å². The van der Waals surface area contributed by atoms with Crippen LogP contribution in [-0.4, -0.2) is 30.3 Å². The molecular formula is C12H21N3O3S. The van der Waals surface area contributed by atoms with Crippen molar-refractivity contribution in [2.45, 2.75) is 50.2 Å². The maximum absolute atomic E-state index is 12.0. The Balaban J connectivity index is 1.81. The van der Waals surface area contributed by atoms with Gasteiger partial charge < -0.3 is 5.11 Å². The fraction of sp³-hybridized carbons (Fsp3) is 0.750. The van der Waals surface area contributed by atoms with Gasteiger partial charge in [0.15, 0.2) is 5.03 Å². The van der Waals surface area contributed by atoms with Crippen molar-refractivity contribution in [1.82, 2.24) is 14.9 Å². The second-order valence-electron chi connectivity index (χ2n) is 5.07. The molecule has 0 atom stereocenters. The molecule has 1 fully saturated rings. The predicted molar refractivity (Wildman–Crippen MR) is 70.9 cm³/mol. The molecule has 1 aliphatic carbocycles. The first-order chi connectivity index (χ1) is 9.13. The first-order valence-electron chi connectivity index (χ1n) is 6.76. The highest BCUT2D eigenvalue weighted by Crippen LogP contribution is 2.28. The van der Waals surface area contributed by atoms with Gasteiger partial charge in [-0.1, -0.05) is 25.7 Å². The van der Waals surface area contributed by atoms with E-state index in [0.29, 0.717) is 12.1 Å². The Morgan fingerprint density at radius 3 is 2.84 bits per heavy atom. The molecule has 0 bridgehead atoms. The molecule has 19 heavy (non-hydrogen) atoms. The van der Waals surface area contributed by atoms with Crippen LogP contribution >= 0.6 is 0 Å². The van der Waals surface area contributed by atoms with Crippen LogP contribution in [0.5, 0.6) is 0 Å². The number of aliphatic hydroxyl groups is 1. The summed E-state index contributed by atoms with van der Waals surface area (Å²) in [6.45, 7) is 0.0948. The van der Waals surface area contributed by atoms with Crippen LogP contribution in [0.1, 0.15) is 44.1 Å². The zero-order valence-electron chi connectivity index (χ0n) is 10.9. The fourth-order valence-electron chi connectivity index (χ4n) is 2.61. The van der Waals surface area contributed by atoms with Crippen LogP contribution in [0.2, 0.25) is 0 Å². The molecule has 2 rings (SSSR count). The lowest BCUT2D eigenvalue weighted by Crippen LogP contribution is -2.26. The summed E-state index contributed by atoms with van der Waals surface area (Å²) in [5.74, 6) is 0.768. The lowest BCUT2D eigenvalue weighted by Gasteiger charge is -2.09. The van der Waals surface area contributed by atoms with Crippen molar-refractivity contribution in [3.8, 4) is 0 Å². The van der Waals surface area contributed by atoms with Crippen LogP contribution < -0.4 is 4.72 Å². The average Bonchev–Trinajstić information content (AvgIpc) is 3.05. The third kappa shape index (κ3) is 3.77. The molecule has 1 heterocycles. The SMILES string of the molecule is O=S(=O)(NCCCC1CCCC1)c1[nH]ncc1CO. The van der Waals surface area contributed by atoms with Gasteiger partial charge in [-0.15, -0.1) is 0 Å². The van der Waals surface area contributed by atoms with Crippen LogP contribution in [0.4, 0.5) is 0 Å². The van der Waals surface area contributed by atoms with Crippen molar-refractivity contribution in [3.63, 3.8) is 0 Å². The summed E-state index contributed by atoms with van der Waals surface area (Å²) < 4.78 is 26.5. The lowest BCUT2D eigenvalue weighted by molar-refractivity contribution is 0.278. The second kappa shape index (κ2) is 6.49. The van der Waals surface area contributed by atoms with Gasteiger partial charge in [0.25, 0.3) is 10.0 Å². The predicted octanol–water partition coefficient (Wildman–Crippen LogP) is 1.15. The number of H-pyrrole nitrogens is 1. The highest BCUT2D eigenvalue weighted by atomic mass is 32.2. The molecule has 1 aromatic rings. The Morgan fingerprint density at radius 1 is 1.42 bits per heavy atom. The molecule has 0 radical (unpaired) electrons. The summed E-state index contributed by atoms with van der Waals surface area (Å²) in [6.07, 6.45) is 8.44. The molecule has 0 unspecified atom stereocenters. The normalized spacial score (nSPS) is 17.1. The van der Waals surface area contributed by atoms with E-state index in [-0.39, 0.29) is 11.6 Å². The number of hydrogen-bond donors (Lipinski definition) is 3. The van der Waals surface area contributed by atoms with Crippen LogP contribution in [-0.2, 0) is 16.6 Å². The van der Waals surface area contributed by atoms with E-state index >= 15 is 0 Å². The zero-order chi connectivity index (χ0) is 13.7. The molecule has 1 saturated carbocycles. The standard InChI is InChI=1S/C12H21N3O3S/c16-9-11-8-13-15-12(11)19(17,18)14-7-3-6-10-4-1-2-5-10/h8,10,14,16H,1-7,9H2,(H,13,15). The molecule has 108 valence electrons. The number of aromatic nitrogens is 2. The molecule has 0 aliphatic heterocycles. The van der Waals surface area contributed by atoms with Gasteiger partial charge in [-0.3, -0.25) is 5.10 Å². The molecular weight excluding hydrogens is 266 g/mol. The molecule has 0 amide bonds. The van der Waals surface area contributed by atoms with Gasteiger partial charge in [-0.2, -0.15) is 5.10 Å². The number of rotatable bonds is 7. The molecule has 1 aromatic heterocycles. The molecule has 6 nitrogen and oxygen atoms in total. The summed E-state index contributed by atoms with van der Waals surface area (Å²) >= 11 is 0. The number of sulfonamides is 1. The number of nitrogens with one attached hydrogen (secondary N) is 2. The first kappa shape index (κ1) is 14.5. The molecule has 1 aliphatic rings. The third-order valence-corrected chi connectivity index (χ3v) is 5.15. The van der Waals surface area contributed by atoms with E-state index in [1.165, 1.54) is 31.9 Å². The molecule has 3 N–H and O–H groups in total. The summed E-state index contributed by atoms with van der Waals surface area (Å²) in [6, 6.07) is 0. The van der Waals surface area contributed by atoms with Crippen molar-refractivity contribution in [1.29, 1.82) is 0 Å². The minimum absolute atomic E-state index is 0.0316. The van der Waals surface area contributed by atoms with Crippen LogP contribution in [0.3, 0.4) is 0 Å². The second-order valence-corrected chi connectivity index (χ2v) is 6.78. The highest BCUT2D eigenvalue weighted by Gasteiger charge is 2.20. The average molecular weight is 287 g/mol. The van der Waals surface area contributed by atoms with E-state index in [2.05, 4.69) is 14.9 Å². The topological polar surface area (TPSA) is 95.1 Å². The van der Waals surface area contributed by atoms with E-state index in [4.69, 9.17) is 5.11 Å². The maximum atomic E-state index is 12.0. The van der Waals surface area contributed by atoms with E-state index in [1.807, 2.05) is 0 Å². The fourth-order valence-corrected chi connectivity index (χ4v) is 3.81. The highest BCUT2D eigenvalue weighted by molar-refractivity contribution is 7.89. The van der Waals surface area contributed by atoms with Gasteiger partial charge >= 0.3 is 0 Å². The monoisotopic (exact) mass is 287 g/mol. The quantitative estimate of drug-likeness (QED) is 0.656. The van der Waals surface area contributed by atoms with E-state index in [0.717, 1.165) is 18.8 Å². The smallest absolute Gasteiger partial charge is 0.257 e. The Hall–Kier alpha value is -0.920. The maximum Gasteiger partial charge on any atom is 0.257 e. The van der Waals surface area contributed by atoms with Gasteiger partial charge in [0.2, 0.25) is 0 Å². The summed E-state index contributed by atoms with van der Waals surface area (Å²) in [5, 5.41) is 15.1. The molecule has 0 spiro atoms. The minimum atomic E-state index is -3.58. The molecule has 0 saturated heterocycles. The van der Waals surface area contributed by atoms with Gasteiger partial charge in [-0.05, 0) is 18.8 Å². The van der Waals surface area contributed by atoms with Crippen molar-refractivity contribution >= 4 is 10.0 Å². The summed E-state index contributed by atoms with van der Waals surface area (Å²) in [4.78, 5) is 0. The van der Waals surface area contributed by atoms with Crippen molar-refractivity contribution in [3.05, 3.63) is 11.8 Å². The number of hydrogen-bond acceptors (Lipinski definition) is 4. The minimum Gasteiger partial charge on any atom is -0.392 e. The van der Waals surface area contributed by atoms with Crippen molar-refractivity contribution in [2.75, 3.05) is 6.54 Å². The Bertz CT molecular complexity index is 492. The van der Waals surface area contributed by atoms with Gasteiger partial charge in [0, 0.05) is 12.1 Å². The first-order valence-corrected chi connectivity index (χ1v) is 8.24. The summed E-state index contributed by atoms with van der Waals surface area (Å²) in [5.41, 5.74) is 0.295. The van der Waals surface area contributed by atoms with Crippen molar-refractivity contribution in [2.24, 2.45) is 5.92 Å². The third-order valence-electron chi connectivity index (χ3n) is 3.67. The molecule has 7 heteroatoms. The van der Waals surface area contributed by atoms with E-state index in [9.17, 15) is 8.42 Å². The Labute approximate surface area is 113 Å². The van der Waals surface area contributed by atoms with Crippen molar-refractivity contribution < 1.29 is 13.5 Å². The van der Waals surface area contributed by atoms with E-state index < -0.39 is 10.0 Å². The molecule has 0 aromatic carbocycles. The van der Waals surface area contributed by atoms with Gasteiger partial charge in [0.1, 0.15) is 0 Å². The van der Waals surface area contributed by atoms with Gasteiger partial charge in [-0.25, -0.2) is 13.1 Å². The number of nitrogens with zero attached hydrogens (tertiary/aromatic N) is 1. The van der Waals surface area contributed by atoms with Crippen LogP contribution in [0, 0.1) is 5.92 Å². The Morgan fingerprint density at radius 2 is 2.16 bits per heavy atom. The van der Waals surface area contributed by atoms with Crippen LogP contribution in [0.15, 0.2) is 11.2 Å². The Kier molecular flexibility index (Phi) is 4.95. The van der Waals surface area contributed by atoms with Crippen LogP contribution in [0.25, 0.3) is 0 Å². The lowest BCUT2D eigenvalue weighted by atomic mass is 10.0. The summed E-state index contributed by atoms with van der Waals surface area (Å²) in [7, 11) is -3.58. The largest absolute Gasteiger partial charge is 0.392 e.